The lowest BCUT2D eigenvalue weighted by atomic mass is 10.1. The van der Waals surface area contributed by atoms with E-state index in [1.54, 1.807) is 18.9 Å². The van der Waals surface area contributed by atoms with Crippen molar-refractivity contribution in [2.24, 2.45) is 0 Å². The molecule has 0 saturated carbocycles. The van der Waals surface area contributed by atoms with Crippen LogP contribution in [-0.4, -0.2) is 27.6 Å². The molecule has 30 heavy (non-hydrogen) atoms. The predicted molar refractivity (Wildman–Crippen MR) is 124 cm³/mol. The second kappa shape index (κ2) is 9.46. The summed E-state index contributed by atoms with van der Waals surface area (Å²) in [5.41, 5.74) is 4.43. The van der Waals surface area contributed by atoms with Gasteiger partial charge >= 0.3 is 0 Å². The number of ether oxygens (including phenoxy) is 1. The number of rotatable bonds is 7. The van der Waals surface area contributed by atoms with Gasteiger partial charge in [0, 0.05) is 17.0 Å². The van der Waals surface area contributed by atoms with Crippen molar-refractivity contribution in [3.8, 4) is 22.8 Å². The van der Waals surface area contributed by atoms with Crippen molar-refractivity contribution in [3.63, 3.8) is 0 Å². The van der Waals surface area contributed by atoms with E-state index in [9.17, 15) is 0 Å². The highest BCUT2D eigenvalue weighted by Crippen LogP contribution is 2.29. The summed E-state index contributed by atoms with van der Waals surface area (Å²) in [7, 11) is 1.67. The van der Waals surface area contributed by atoms with E-state index in [1.165, 1.54) is 11.1 Å². The lowest BCUT2D eigenvalue weighted by Crippen LogP contribution is -2.00. The van der Waals surface area contributed by atoms with Gasteiger partial charge in [0.15, 0.2) is 11.0 Å². The SMILES string of the molecule is COc1ccc(-n2c(SCC=Cc3ccccc3)nnc2-c2cccc(C)c2)cc1. The van der Waals surface area contributed by atoms with Gasteiger partial charge in [-0.25, -0.2) is 0 Å². The van der Waals surface area contributed by atoms with Gasteiger partial charge in [-0.1, -0.05) is 78.0 Å². The molecule has 4 aromatic rings. The Morgan fingerprint density at radius 1 is 0.933 bits per heavy atom. The Bertz CT molecular complexity index is 1130. The van der Waals surface area contributed by atoms with Crippen LogP contribution in [0.25, 0.3) is 23.2 Å². The zero-order chi connectivity index (χ0) is 20.8. The van der Waals surface area contributed by atoms with Gasteiger partial charge in [0.25, 0.3) is 0 Å². The first kappa shape index (κ1) is 20.0. The molecule has 1 aromatic heterocycles. The van der Waals surface area contributed by atoms with Crippen molar-refractivity contribution in [2.75, 3.05) is 12.9 Å². The van der Waals surface area contributed by atoms with E-state index in [0.717, 1.165) is 33.7 Å². The molecule has 0 amide bonds. The number of benzene rings is 3. The smallest absolute Gasteiger partial charge is 0.196 e. The van der Waals surface area contributed by atoms with E-state index in [1.807, 2.05) is 48.5 Å². The van der Waals surface area contributed by atoms with Crippen molar-refractivity contribution in [1.82, 2.24) is 14.8 Å². The third-order valence-electron chi connectivity index (χ3n) is 4.66. The topological polar surface area (TPSA) is 39.9 Å². The molecule has 4 rings (SSSR count). The third-order valence-corrected chi connectivity index (χ3v) is 5.54. The van der Waals surface area contributed by atoms with Gasteiger partial charge in [0.1, 0.15) is 5.75 Å². The average molecular weight is 414 g/mol. The van der Waals surface area contributed by atoms with Crippen molar-refractivity contribution < 1.29 is 4.74 Å². The van der Waals surface area contributed by atoms with E-state index < -0.39 is 0 Å². The van der Waals surface area contributed by atoms with Crippen LogP contribution in [0.2, 0.25) is 0 Å². The van der Waals surface area contributed by atoms with Crippen LogP contribution in [0.3, 0.4) is 0 Å². The summed E-state index contributed by atoms with van der Waals surface area (Å²) < 4.78 is 7.42. The molecule has 0 fully saturated rings. The molecule has 5 heteroatoms. The second-order valence-electron chi connectivity index (χ2n) is 6.83. The van der Waals surface area contributed by atoms with Gasteiger partial charge in [-0.3, -0.25) is 4.57 Å². The van der Waals surface area contributed by atoms with Crippen LogP contribution in [0.5, 0.6) is 5.75 Å². The van der Waals surface area contributed by atoms with Crippen molar-refractivity contribution in [1.29, 1.82) is 0 Å². The zero-order valence-electron chi connectivity index (χ0n) is 17.0. The Labute approximate surface area is 181 Å². The lowest BCUT2D eigenvalue weighted by molar-refractivity contribution is 0.414. The fourth-order valence-corrected chi connectivity index (χ4v) is 3.93. The normalized spacial score (nSPS) is 11.1. The number of hydrogen-bond acceptors (Lipinski definition) is 4. The van der Waals surface area contributed by atoms with Gasteiger partial charge in [-0.05, 0) is 42.8 Å². The number of methoxy groups -OCH3 is 1. The van der Waals surface area contributed by atoms with Crippen molar-refractivity contribution in [2.45, 2.75) is 12.1 Å². The Morgan fingerprint density at radius 3 is 2.47 bits per heavy atom. The van der Waals surface area contributed by atoms with Gasteiger partial charge in [-0.15, -0.1) is 10.2 Å². The van der Waals surface area contributed by atoms with Crippen LogP contribution in [0.15, 0.2) is 90.1 Å². The molecule has 0 bridgehead atoms. The van der Waals surface area contributed by atoms with Crippen molar-refractivity contribution in [3.05, 3.63) is 96.1 Å². The quantitative estimate of drug-likeness (QED) is 0.345. The summed E-state index contributed by atoms with van der Waals surface area (Å²) >= 11 is 1.66. The van der Waals surface area contributed by atoms with Gasteiger partial charge in [-0.2, -0.15) is 0 Å². The standard InChI is InChI=1S/C25H23N3OS/c1-19-8-6-12-21(18-19)24-26-27-25(28(24)22-13-15-23(29-2)16-14-22)30-17-7-11-20-9-4-3-5-10-20/h3-16,18H,17H2,1-2H3. The van der Waals surface area contributed by atoms with Crippen LogP contribution in [0.1, 0.15) is 11.1 Å². The highest BCUT2D eigenvalue weighted by Gasteiger charge is 2.16. The molecule has 0 aliphatic rings. The van der Waals surface area contributed by atoms with E-state index in [-0.39, 0.29) is 0 Å². The molecule has 0 radical (unpaired) electrons. The molecule has 0 aliphatic carbocycles. The number of aromatic nitrogens is 3. The second-order valence-corrected chi connectivity index (χ2v) is 7.82. The van der Waals surface area contributed by atoms with E-state index in [4.69, 9.17) is 4.74 Å². The molecule has 0 N–H and O–H groups in total. The summed E-state index contributed by atoms with van der Waals surface area (Å²) in [4.78, 5) is 0. The van der Waals surface area contributed by atoms with Gasteiger partial charge in [0.2, 0.25) is 0 Å². The average Bonchev–Trinajstić information content (AvgIpc) is 3.21. The fraction of sp³-hybridized carbons (Fsp3) is 0.120. The fourth-order valence-electron chi connectivity index (χ4n) is 3.17. The molecule has 0 atom stereocenters. The lowest BCUT2D eigenvalue weighted by Gasteiger charge is -2.11. The van der Waals surface area contributed by atoms with E-state index in [0.29, 0.717) is 0 Å². The molecular formula is C25H23N3OS. The Balaban J connectivity index is 1.65. The Morgan fingerprint density at radius 2 is 1.73 bits per heavy atom. The highest BCUT2D eigenvalue weighted by molar-refractivity contribution is 7.99. The maximum Gasteiger partial charge on any atom is 0.196 e. The molecule has 0 aliphatic heterocycles. The molecule has 3 aromatic carbocycles. The van der Waals surface area contributed by atoms with Crippen molar-refractivity contribution >= 4 is 17.8 Å². The highest BCUT2D eigenvalue weighted by atomic mass is 32.2. The minimum atomic E-state index is 0.803. The first-order valence-electron chi connectivity index (χ1n) is 9.76. The molecule has 1 heterocycles. The molecular weight excluding hydrogens is 390 g/mol. The number of nitrogens with zero attached hydrogens (tertiary/aromatic N) is 3. The Kier molecular flexibility index (Phi) is 6.30. The maximum atomic E-state index is 5.31. The van der Waals surface area contributed by atoms with Crippen LogP contribution >= 0.6 is 11.8 Å². The van der Waals surface area contributed by atoms with Gasteiger partial charge < -0.3 is 4.74 Å². The first-order chi connectivity index (χ1) is 14.7. The summed E-state index contributed by atoms with van der Waals surface area (Å²) in [6.07, 6.45) is 4.28. The van der Waals surface area contributed by atoms with Crippen LogP contribution < -0.4 is 4.74 Å². The van der Waals surface area contributed by atoms with E-state index in [2.05, 4.69) is 64.2 Å². The first-order valence-corrected chi connectivity index (χ1v) is 10.7. The number of aryl methyl sites for hydroxylation is 1. The Hall–Kier alpha value is -3.31. The molecule has 0 saturated heterocycles. The summed E-state index contributed by atoms with van der Waals surface area (Å²) in [5.74, 6) is 2.46. The number of hydrogen-bond donors (Lipinski definition) is 0. The van der Waals surface area contributed by atoms with Crippen LogP contribution in [0.4, 0.5) is 0 Å². The summed E-state index contributed by atoms with van der Waals surface area (Å²) in [6, 6.07) is 26.6. The largest absolute Gasteiger partial charge is 0.497 e. The summed E-state index contributed by atoms with van der Waals surface area (Å²) in [6.45, 7) is 2.08. The molecule has 0 unspecified atom stereocenters. The van der Waals surface area contributed by atoms with E-state index >= 15 is 0 Å². The minimum absolute atomic E-state index is 0.803. The maximum absolute atomic E-state index is 5.31. The minimum Gasteiger partial charge on any atom is -0.497 e. The van der Waals surface area contributed by atoms with Gasteiger partial charge in [0.05, 0.1) is 7.11 Å². The van der Waals surface area contributed by atoms with Crippen LogP contribution in [-0.2, 0) is 0 Å². The molecule has 0 spiro atoms. The van der Waals surface area contributed by atoms with Crippen LogP contribution in [0, 0.1) is 6.92 Å². The number of thioether (sulfide) groups is 1. The zero-order valence-corrected chi connectivity index (χ0v) is 17.8. The third kappa shape index (κ3) is 4.63. The molecule has 150 valence electrons. The summed E-state index contributed by atoms with van der Waals surface area (Å²) in [5, 5.41) is 9.87. The monoisotopic (exact) mass is 413 g/mol. The molecule has 4 nitrogen and oxygen atoms in total. The predicted octanol–water partition coefficient (Wildman–Crippen LogP) is 6.06.